The average Bonchev–Trinajstić information content (AvgIpc) is 2.92. The number of anilines is 1. The Morgan fingerprint density at radius 1 is 1.19 bits per heavy atom. The summed E-state index contributed by atoms with van der Waals surface area (Å²) in [6.07, 6.45) is 0. The Bertz CT molecular complexity index is 762. The predicted octanol–water partition coefficient (Wildman–Crippen LogP) is 2.37. The first kappa shape index (κ1) is 18.7. The fourth-order valence-corrected chi connectivity index (χ4v) is 4.08. The quantitative estimate of drug-likeness (QED) is 0.870. The monoisotopic (exact) mass is 374 g/mol. The van der Waals surface area contributed by atoms with Crippen molar-refractivity contribution >= 4 is 22.4 Å². The van der Waals surface area contributed by atoms with Crippen LogP contribution in [0.3, 0.4) is 0 Å². The number of nitrogens with two attached hydrogens (primary N) is 1. The summed E-state index contributed by atoms with van der Waals surface area (Å²) in [7, 11) is 0. The molecule has 0 bridgehead atoms. The van der Waals surface area contributed by atoms with Crippen molar-refractivity contribution in [3.8, 4) is 5.75 Å². The highest BCUT2D eigenvalue weighted by Crippen LogP contribution is 2.23. The first-order chi connectivity index (χ1) is 12.4. The van der Waals surface area contributed by atoms with E-state index < -0.39 is 0 Å². The molecule has 1 saturated heterocycles. The molecule has 2 aromatic rings. The number of benzene rings is 1. The van der Waals surface area contributed by atoms with E-state index >= 15 is 0 Å². The third-order valence-corrected chi connectivity index (χ3v) is 5.72. The van der Waals surface area contributed by atoms with Crippen LogP contribution >= 0.6 is 11.3 Å². The van der Waals surface area contributed by atoms with Gasteiger partial charge in [0, 0.05) is 37.6 Å². The van der Waals surface area contributed by atoms with Gasteiger partial charge in [-0.2, -0.15) is 0 Å². The molecule has 1 aliphatic heterocycles. The number of nitrogen functional groups attached to an aromatic ring is 1. The lowest BCUT2D eigenvalue weighted by atomic mass is 10.1. The molecular formula is C19H26N4O2S. The highest BCUT2D eigenvalue weighted by molar-refractivity contribution is 7.15. The van der Waals surface area contributed by atoms with E-state index in [-0.39, 0.29) is 12.5 Å². The smallest absolute Gasteiger partial charge is 0.260 e. The van der Waals surface area contributed by atoms with Crippen LogP contribution in [0.15, 0.2) is 18.2 Å². The number of ether oxygens (including phenoxy) is 1. The van der Waals surface area contributed by atoms with Gasteiger partial charge in [-0.15, -0.1) is 11.3 Å². The summed E-state index contributed by atoms with van der Waals surface area (Å²) in [5, 5.41) is 0.620. The zero-order valence-electron chi connectivity index (χ0n) is 15.6. The number of amides is 1. The Morgan fingerprint density at radius 2 is 1.85 bits per heavy atom. The number of para-hydroxylation sites is 1. The number of rotatable bonds is 5. The fraction of sp³-hybridized carbons (Fsp3) is 0.474. The summed E-state index contributed by atoms with van der Waals surface area (Å²) in [6, 6.07) is 6.00. The van der Waals surface area contributed by atoms with Gasteiger partial charge in [-0.1, -0.05) is 18.2 Å². The van der Waals surface area contributed by atoms with Gasteiger partial charge in [0.05, 0.1) is 5.69 Å². The summed E-state index contributed by atoms with van der Waals surface area (Å²) in [5.74, 6) is 0.864. The van der Waals surface area contributed by atoms with Gasteiger partial charge in [0.25, 0.3) is 5.91 Å². The highest BCUT2D eigenvalue weighted by atomic mass is 32.1. The Kier molecular flexibility index (Phi) is 5.78. The van der Waals surface area contributed by atoms with Crippen LogP contribution < -0.4 is 10.5 Å². The molecule has 1 fully saturated rings. The Balaban J connectivity index is 1.48. The third-order valence-electron chi connectivity index (χ3n) is 4.75. The van der Waals surface area contributed by atoms with Crippen LogP contribution in [0.4, 0.5) is 5.13 Å². The van der Waals surface area contributed by atoms with Crippen molar-refractivity contribution in [3.63, 3.8) is 0 Å². The van der Waals surface area contributed by atoms with Crippen molar-refractivity contribution in [2.75, 3.05) is 38.5 Å². The molecule has 6 nitrogen and oxygen atoms in total. The summed E-state index contributed by atoms with van der Waals surface area (Å²) >= 11 is 1.55. The van der Waals surface area contributed by atoms with E-state index in [1.807, 2.05) is 43.9 Å². The predicted molar refractivity (Wildman–Crippen MR) is 105 cm³/mol. The van der Waals surface area contributed by atoms with Crippen molar-refractivity contribution in [2.45, 2.75) is 27.3 Å². The Labute approximate surface area is 158 Å². The SMILES string of the molecule is Cc1cccc(C)c1OCC(=O)N1CCN(Cc2sc(N)nc2C)CC1. The zero-order valence-corrected chi connectivity index (χ0v) is 16.4. The standard InChI is InChI=1S/C19H26N4O2S/c1-13-5-4-6-14(2)18(13)25-12-17(24)23-9-7-22(8-10-23)11-16-15(3)21-19(20)26-16/h4-6H,7-12H2,1-3H3,(H2,20,21). The van der Waals surface area contributed by atoms with Crippen molar-refractivity contribution in [1.82, 2.24) is 14.8 Å². The molecule has 1 amide bonds. The number of carbonyl (C=O) groups is 1. The number of hydrogen-bond donors (Lipinski definition) is 1. The molecule has 140 valence electrons. The summed E-state index contributed by atoms with van der Waals surface area (Å²) in [6.45, 7) is 10.1. The van der Waals surface area contributed by atoms with Gasteiger partial charge < -0.3 is 15.4 Å². The van der Waals surface area contributed by atoms with Crippen LogP contribution in [0, 0.1) is 20.8 Å². The van der Waals surface area contributed by atoms with Gasteiger partial charge in [0.15, 0.2) is 11.7 Å². The molecule has 1 aromatic carbocycles. The van der Waals surface area contributed by atoms with E-state index in [4.69, 9.17) is 10.5 Å². The minimum Gasteiger partial charge on any atom is -0.483 e. The first-order valence-electron chi connectivity index (χ1n) is 8.85. The van der Waals surface area contributed by atoms with Gasteiger partial charge in [-0.25, -0.2) is 4.98 Å². The molecule has 26 heavy (non-hydrogen) atoms. The van der Waals surface area contributed by atoms with Gasteiger partial charge in [0.1, 0.15) is 5.75 Å². The minimum absolute atomic E-state index is 0.0468. The molecule has 2 heterocycles. The third kappa shape index (κ3) is 4.34. The second kappa shape index (κ2) is 8.05. The number of aryl methyl sites for hydroxylation is 3. The number of hydrogen-bond acceptors (Lipinski definition) is 6. The van der Waals surface area contributed by atoms with Crippen molar-refractivity contribution < 1.29 is 9.53 Å². The number of aromatic nitrogens is 1. The minimum atomic E-state index is 0.0468. The molecular weight excluding hydrogens is 348 g/mol. The summed E-state index contributed by atoms with van der Waals surface area (Å²) in [4.78, 5) is 22.2. The summed E-state index contributed by atoms with van der Waals surface area (Å²) in [5.41, 5.74) is 8.89. The normalized spacial score (nSPS) is 15.3. The summed E-state index contributed by atoms with van der Waals surface area (Å²) < 4.78 is 5.80. The lowest BCUT2D eigenvalue weighted by molar-refractivity contribution is -0.135. The van der Waals surface area contributed by atoms with Crippen LogP contribution in [-0.2, 0) is 11.3 Å². The van der Waals surface area contributed by atoms with E-state index in [0.717, 1.165) is 55.3 Å². The van der Waals surface area contributed by atoms with E-state index in [2.05, 4.69) is 9.88 Å². The first-order valence-corrected chi connectivity index (χ1v) is 9.66. The highest BCUT2D eigenvalue weighted by Gasteiger charge is 2.22. The van der Waals surface area contributed by atoms with Crippen LogP contribution in [0.1, 0.15) is 21.7 Å². The molecule has 0 aliphatic carbocycles. The average molecular weight is 375 g/mol. The van der Waals surface area contributed by atoms with Gasteiger partial charge in [-0.3, -0.25) is 9.69 Å². The second-order valence-corrected chi connectivity index (χ2v) is 7.84. The van der Waals surface area contributed by atoms with Crippen LogP contribution in [0.5, 0.6) is 5.75 Å². The molecule has 0 saturated carbocycles. The van der Waals surface area contributed by atoms with Crippen LogP contribution in [0.2, 0.25) is 0 Å². The van der Waals surface area contributed by atoms with Crippen molar-refractivity contribution in [3.05, 3.63) is 39.9 Å². The van der Waals surface area contributed by atoms with E-state index in [1.165, 1.54) is 4.88 Å². The maximum absolute atomic E-state index is 12.5. The second-order valence-electron chi connectivity index (χ2n) is 6.73. The number of piperazine rings is 1. The van der Waals surface area contributed by atoms with Crippen LogP contribution in [0.25, 0.3) is 0 Å². The molecule has 1 aromatic heterocycles. The number of thiazole rings is 1. The van der Waals surface area contributed by atoms with Crippen LogP contribution in [-0.4, -0.2) is 53.5 Å². The lowest BCUT2D eigenvalue weighted by Gasteiger charge is -2.34. The van der Waals surface area contributed by atoms with E-state index in [1.54, 1.807) is 11.3 Å². The number of carbonyl (C=O) groups excluding carboxylic acids is 1. The molecule has 2 N–H and O–H groups in total. The lowest BCUT2D eigenvalue weighted by Crippen LogP contribution is -2.49. The van der Waals surface area contributed by atoms with E-state index in [9.17, 15) is 4.79 Å². The van der Waals surface area contributed by atoms with Gasteiger partial charge in [0.2, 0.25) is 0 Å². The van der Waals surface area contributed by atoms with Gasteiger partial charge >= 0.3 is 0 Å². The molecule has 0 spiro atoms. The molecule has 3 rings (SSSR count). The van der Waals surface area contributed by atoms with Gasteiger partial charge in [-0.05, 0) is 31.9 Å². The zero-order chi connectivity index (χ0) is 18.7. The topological polar surface area (TPSA) is 71.7 Å². The van der Waals surface area contributed by atoms with Crippen molar-refractivity contribution in [1.29, 1.82) is 0 Å². The molecule has 0 unspecified atom stereocenters. The maximum atomic E-state index is 12.5. The largest absolute Gasteiger partial charge is 0.483 e. The maximum Gasteiger partial charge on any atom is 0.260 e. The Morgan fingerprint density at radius 3 is 2.42 bits per heavy atom. The molecule has 0 atom stereocenters. The Hall–Kier alpha value is -2.12. The fourth-order valence-electron chi connectivity index (χ4n) is 3.21. The van der Waals surface area contributed by atoms with Crippen molar-refractivity contribution in [2.24, 2.45) is 0 Å². The molecule has 1 aliphatic rings. The molecule has 0 radical (unpaired) electrons. The van der Waals surface area contributed by atoms with E-state index in [0.29, 0.717) is 5.13 Å². The number of nitrogens with zero attached hydrogens (tertiary/aromatic N) is 3. The molecule has 7 heteroatoms.